The van der Waals surface area contributed by atoms with E-state index in [0.29, 0.717) is 23.8 Å². The van der Waals surface area contributed by atoms with Crippen LogP contribution in [0.4, 0.5) is 0 Å². The van der Waals surface area contributed by atoms with Crippen molar-refractivity contribution in [2.24, 2.45) is 0 Å². The van der Waals surface area contributed by atoms with Crippen molar-refractivity contribution in [3.8, 4) is 5.75 Å². The molecular formula is C18H20ClNO2. The molecule has 0 heterocycles. The second-order valence-electron chi connectivity index (χ2n) is 5.29. The van der Waals surface area contributed by atoms with Crippen molar-refractivity contribution < 1.29 is 9.53 Å². The molecule has 0 spiro atoms. The van der Waals surface area contributed by atoms with Crippen LogP contribution in [0.3, 0.4) is 0 Å². The van der Waals surface area contributed by atoms with Gasteiger partial charge in [0.25, 0.3) is 0 Å². The summed E-state index contributed by atoms with van der Waals surface area (Å²) in [4.78, 5) is 11.6. The molecule has 0 unspecified atom stereocenters. The van der Waals surface area contributed by atoms with E-state index in [1.165, 1.54) is 0 Å². The predicted octanol–water partition coefficient (Wildman–Crippen LogP) is 3.82. The van der Waals surface area contributed by atoms with Crippen LogP contribution in [0.15, 0.2) is 36.4 Å². The van der Waals surface area contributed by atoms with Crippen molar-refractivity contribution in [2.45, 2.75) is 26.9 Å². The van der Waals surface area contributed by atoms with Gasteiger partial charge >= 0.3 is 0 Å². The second kappa shape index (κ2) is 7.32. The first-order valence-corrected chi connectivity index (χ1v) is 7.56. The summed E-state index contributed by atoms with van der Waals surface area (Å²) in [7, 11) is 1.64. The van der Waals surface area contributed by atoms with Gasteiger partial charge in [-0.05, 0) is 48.2 Å². The van der Waals surface area contributed by atoms with E-state index in [9.17, 15) is 4.79 Å². The molecule has 0 atom stereocenters. The highest BCUT2D eigenvalue weighted by Crippen LogP contribution is 2.27. The molecule has 0 saturated carbocycles. The number of hydrogen-bond acceptors (Lipinski definition) is 2. The Balaban J connectivity index is 2.19. The van der Waals surface area contributed by atoms with Crippen LogP contribution < -0.4 is 10.1 Å². The minimum Gasteiger partial charge on any atom is -0.487 e. The molecule has 1 amide bonds. The first kappa shape index (κ1) is 16.4. The molecule has 116 valence electrons. The van der Waals surface area contributed by atoms with Gasteiger partial charge in [0.05, 0.1) is 11.4 Å². The SMILES string of the molecule is CNC(=O)Cc1cccc(C)c1COc1ccc(C)cc1Cl. The van der Waals surface area contributed by atoms with Gasteiger partial charge in [0.15, 0.2) is 0 Å². The summed E-state index contributed by atoms with van der Waals surface area (Å²) in [6, 6.07) is 11.6. The van der Waals surface area contributed by atoms with Crippen LogP contribution in [0.5, 0.6) is 5.75 Å². The van der Waals surface area contributed by atoms with Crippen LogP contribution in [-0.4, -0.2) is 13.0 Å². The van der Waals surface area contributed by atoms with E-state index in [2.05, 4.69) is 5.32 Å². The van der Waals surface area contributed by atoms with Crippen LogP contribution in [0.25, 0.3) is 0 Å². The fraction of sp³-hybridized carbons (Fsp3) is 0.278. The third-order valence-corrected chi connectivity index (χ3v) is 3.89. The number of hydrogen-bond donors (Lipinski definition) is 1. The van der Waals surface area contributed by atoms with Gasteiger partial charge in [0.1, 0.15) is 12.4 Å². The number of rotatable bonds is 5. The molecular weight excluding hydrogens is 298 g/mol. The van der Waals surface area contributed by atoms with Crippen molar-refractivity contribution in [2.75, 3.05) is 7.05 Å². The summed E-state index contributed by atoms with van der Waals surface area (Å²) in [6.07, 6.45) is 0.346. The van der Waals surface area contributed by atoms with Crippen molar-refractivity contribution >= 4 is 17.5 Å². The highest BCUT2D eigenvalue weighted by Gasteiger charge is 2.11. The van der Waals surface area contributed by atoms with E-state index >= 15 is 0 Å². The lowest BCUT2D eigenvalue weighted by molar-refractivity contribution is -0.119. The minimum absolute atomic E-state index is 0.0137. The molecule has 0 saturated heterocycles. The molecule has 2 aromatic rings. The molecule has 0 aliphatic rings. The maximum absolute atomic E-state index is 11.6. The second-order valence-corrected chi connectivity index (χ2v) is 5.69. The lowest BCUT2D eigenvalue weighted by Gasteiger charge is -2.14. The predicted molar refractivity (Wildman–Crippen MR) is 89.5 cm³/mol. The molecule has 1 N–H and O–H groups in total. The third kappa shape index (κ3) is 4.01. The molecule has 2 aromatic carbocycles. The zero-order valence-corrected chi connectivity index (χ0v) is 13.8. The largest absolute Gasteiger partial charge is 0.487 e. The van der Waals surface area contributed by atoms with Crippen LogP contribution >= 0.6 is 11.6 Å². The number of carbonyl (C=O) groups excluding carboxylic acids is 1. The van der Waals surface area contributed by atoms with Gasteiger partial charge in [-0.15, -0.1) is 0 Å². The van der Waals surface area contributed by atoms with E-state index < -0.39 is 0 Å². The molecule has 3 nitrogen and oxygen atoms in total. The van der Waals surface area contributed by atoms with Crippen molar-refractivity contribution in [1.29, 1.82) is 0 Å². The Morgan fingerprint density at radius 1 is 1.23 bits per heavy atom. The third-order valence-electron chi connectivity index (χ3n) is 3.60. The quantitative estimate of drug-likeness (QED) is 0.910. The Kier molecular flexibility index (Phi) is 5.45. The Labute approximate surface area is 136 Å². The van der Waals surface area contributed by atoms with E-state index in [1.807, 2.05) is 50.2 Å². The summed E-state index contributed by atoms with van der Waals surface area (Å²) in [6.45, 7) is 4.39. The summed E-state index contributed by atoms with van der Waals surface area (Å²) < 4.78 is 5.85. The van der Waals surface area contributed by atoms with Crippen LogP contribution in [-0.2, 0) is 17.8 Å². The number of carbonyl (C=O) groups is 1. The first-order valence-electron chi connectivity index (χ1n) is 7.18. The van der Waals surface area contributed by atoms with Crippen molar-refractivity contribution in [1.82, 2.24) is 5.32 Å². The molecule has 0 radical (unpaired) electrons. The molecule has 22 heavy (non-hydrogen) atoms. The van der Waals surface area contributed by atoms with Crippen molar-refractivity contribution in [3.05, 3.63) is 63.7 Å². The van der Waals surface area contributed by atoms with Gasteiger partial charge in [-0.25, -0.2) is 0 Å². The van der Waals surface area contributed by atoms with Gasteiger partial charge in [-0.1, -0.05) is 35.9 Å². The monoisotopic (exact) mass is 317 g/mol. The maximum atomic E-state index is 11.6. The lowest BCUT2D eigenvalue weighted by Crippen LogP contribution is -2.21. The number of aryl methyl sites for hydroxylation is 2. The van der Waals surface area contributed by atoms with Crippen LogP contribution in [0.2, 0.25) is 5.02 Å². The van der Waals surface area contributed by atoms with E-state index in [1.54, 1.807) is 7.05 Å². The molecule has 0 fully saturated rings. The molecule has 4 heteroatoms. The van der Waals surface area contributed by atoms with E-state index in [4.69, 9.17) is 16.3 Å². The summed E-state index contributed by atoms with van der Waals surface area (Å²) in [5.74, 6) is 0.640. The number of amides is 1. The number of nitrogens with one attached hydrogen (secondary N) is 1. The summed E-state index contributed by atoms with van der Waals surface area (Å²) in [5.41, 5.74) is 4.20. The number of benzene rings is 2. The van der Waals surface area contributed by atoms with Gasteiger partial charge in [0, 0.05) is 7.05 Å². The van der Waals surface area contributed by atoms with Gasteiger partial charge in [0.2, 0.25) is 5.91 Å². The maximum Gasteiger partial charge on any atom is 0.224 e. The summed E-state index contributed by atoms with van der Waals surface area (Å²) >= 11 is 6.19. The molecule has 0 aliphatic heterocycles. The zero-order valence-electron chi connectivity index (χ0n) is 13.1. The minimum atomic E-state index is -0.0137. The lowest BCUT2D eigenvalue weighted by atomic mass is 10.00. The van der Waals surface area contributed by atoms with Gasteiger partial charge in [-0.3, -0.25) is 4.79 Å². The zero-order chi connectivity index (χ0) is 16.1. The molecule has 0 bridgehead atoms. The fourth-order valence-corrected chi connectivity index (χ4v) is 2.56. The molecule has 2 rings (SSSR count). The average Bonchev–Trinajstić information content (AvgIpc) is 2.48. The number of ether oxygens (including phenoxy) is 1. The number of likely N-dealkylation sites (N-methyl/N-ethyl adjacent to an activating group) is 1. The highest BCUT2D eigenvalue weighted by atomic mass is 35.5. The fourth-order valence-electron chi connectivity index (χ4n) is 2.27. The van der Waals surface area contributed by atoms with E-state index in [0.717, 1.165) is 22.3 Å². The average molecular weight is 318 g/mol. The molecule has 0 aromatic heterocycles. The Bertz CT molecular complexity index is 683. The summed E-state index contributed by atoms with van der Waals surface area (Å²) in [5, 5.41) is 3.25. The topological polar surface area (TPSA) is 38.3 Å². The van der Waals surface area contributed by atoms with Crippen molar-refractivity contribution in [3.63, 3.8) is 0 Å². The standard InChI is InChI=1S/C18H20ClNO2/c1-12-7-8-17(16(19)9-12)22-11-15-13(2)5-4-6-14(15)10-18(21)20-3/h4-9H,10-11H2,1-3H3,(H,20,21). The Morgan fingerprint density at radius 3 is 2.68 bits per heavy atom. The molecule has 0 aliphatic carbocycles. The van der Waals surface area contributed by atoms with Gasteiger partial charge in [-0.2, -0.15) is 0 Å². The smallest absolute Gasteiger partial charge is 0.224 e. The van der Waals surface area contributed by atoms with E-state index in [-0.39, 0.29) is 5.91 Å². The normalized spacial score (nSPS) is 10.4. The Morgan fingerprint density at radius 2 is 2.00 bits per heavy atom. The van der Waals surface area contributed by atoms with Crippen LogP contribution in [0, 0.1) is 13.8 Å². The van der Waals surface area contributed by atoms with Crippen LogP contribution in [0.1, 0.15) is 22.3 Å². The first-order chi connectivity index (χ1) is 10.5. The Hall–Kier alpha value is -2.00. The highest BCUT2D eigenvalue weighted by molar-refractivity contribution is 6.32. The number of halogens is 1. The van der Waals surface area contributed by atoms with Gasteiger partial charge < -0.3 is 10.1 Å².